The largest absolute Gasteiger partial charge is 0.493 e. The lowest BCUT2D eigenvalue weighted by Gasteiger charge is -2.13. The number of anilines is 3. The van der Waals surface area contributed by atoms with Crippen LogP contribution in [0, 0.1) is 6.92 Å². The van der Waals surface area contributed by atoms with Crippen molar-refractivity contribution in [3.63, 3.8) is 0 Å². The van der Waals surface area contributed by atoms with Gasteiger partial charge in [-0.05, 0) is 46.1 Å². The molecule has 25 heavy (non-hydrogen) atoms. The van der Waals surface area contributed by atoms with Gasteiger partial charge in [-0.15, -0.1) is 0 Å². The zero-order valence-corrected chi connectivity index (χ0v) is 15.6. The first-order valence-electron chi connectivity index (χ1n) is 8.25. The van der Waals surface area contributed by atoms with E-state index in [1.54, 1.807) is 14.2 Å². The summed E-state index contributed by atoms with van der Waals surface area (Å²) in [6.07, 6.45) is 1.05. The van der Waals surface area contributed by atoms with Crippen LogP contribution in [0.25, 0.3) is 0 Å². The summed E-state index contributed by atoms with van der Waals surface area (Å²) < 4.78 is 10.6. The van der Waals surface area contributed by atoms with E-state index in [2.05, 4.69) is 39.6 Å². The molecule has 2 N–H and O–H groups in total. The maximum Gasteiger partial charge on any atom is 0.229 e. The average molecular weight is 345 g/mol. The Morgan fingerprint density at radius 3 is 2.48 bits per heavy atom. The van der Waals surface area contributed by atoms with E-state index in [9.17, 15) is 0 Å². The second-order valence-electron chi connectivity index (χ2n) is 6.00. The number of nitrogens with one attached hydrogen (secondary N) is 2. The van der Waals surface area contributed by atoms with E-state index in [0.29, 0.717) is 17.4 Å². The van der Waals surface area contributed by atoms with Gasteiger partial charge in [0.1, 0.15) is 5.82 Å². The predicted octanol–water partition coefficient (Wildman–Crippen LogP) is 2.91. The van der Waals surface area contributed by atoms with Crippen LogP contribution in [0.1, 0.15) is 12.1 Å². The van der Waals surface area contributed by atoms with E-state index >= 15 is 0 Å². The number of benzene rings is 1. The third-order valence-electron chi connectivity index (χ3n) is 3.58. The molecule has 0 aliphatic carbocycles. The van der Waals surface area contributed by atoms with Crippen molar-refractivity contribution in [1.82, 2.24) is 14.9 Å². The van der Waals surface area contributed by atoms with Crippen LogP contribution in [0.15, 0.2) is 24.3 Å². The summed E-state index contributed by atoms with van der Waals surface area (Å²) in [5.41, 5.74) is 1.73. The molecule has 0 bridgehead atoms. The first-order chi connectivity index (χ1) is 12.0. The van der Waals surface area contributed by atoms with Crippen LogP contribution in [0.2, 0.25) is 0 Å². The number of hydrogen-bond donors (Lipinski definition) is 2. The summed E-state index contributed by atoms with van der Waals surface area (Å²) in [5, 5.41) is 6.56. The van der Waals surface area contributed by atoms with E-state index in [1.165, 1.54) is 0 Å². The molecule has 7 heteroatoms. The summed E-state index contributed by atoms with van der Waals surface area (Å²) in [4.78, 5) is 11.1. The molecule has 0 fully saturated rings. The maximum absolute atomic E-state index is 5.32. The van der Waals surface area contributed by atoms with Crippen LogP contribution < -0.4 is 20.1 Å². The molecular weight excluding hydrogens is 318 g/mol. The molecule has 0 aliphatic heterocycles. The van der Waals surface area contributed by atoms with Crippen LogP contribution in [0.3, 0.4) is 0 Å². The van der Waals surface area contributed by atoms with Crippen molar-refractivity contribution in [2.45, 2.75) is 13.3 Å². The smallest absolute Gasteiger partial charge is 0.229 e. The molecule has 0 saturated heterocycles. The topological polar surface area (TPSA) is 71.5 Å². The molecule has 0 amide bonds. The minimum atomic E-state index is 0.544. The number of methoxy groups -OCH3 is 2. The van der Waals surface area contributed by atoms with Gasteiger partial charge in [0.05, 0.1) is 14.2 Å². The highest BCUT2D eigenvalue weighted by molar-refractivity contribution is 5.60. The van der Waals surface area contributed by atoms with Gasteiger partial charge >= 0.3 is 0 Å². The first kappa shape index (κ1) is 18.8. The summed E-state index contributed by atoms with van der Waals surface area (Å²) in [6.45, 7) is 3.85. The van der Waals surface area contributed by atoms with Crippen LogP contribution >= 0.6 is 0 Å². The SMILES string of the molecule is COc1ccc(Nc2nc(C)cc(NCCCN(C)C)n2)cc1OC. The summed E-state index contributed by atoms with van der Waals surface area (Å²) in [7, 11) is 7.36. The molecule has 0 aliphatic rings. The van der Waals surface area contributed by atoms with Crippen molar-refractivity contribution >= 4 is 17.5 Å². The highest BCUT2D eigenvalue weighted by Crippen LogP contribution is 2.30. The Hall–Kier alpha value is -2.54. The molecule has 0 unspecified atom stereocenters. The fourth-order valence-electron chi connectivity index (χ4n) is 2.37. The Balaban J connectivity index is 2.06. The Morgan fingerprint density at radius 1 is 1.04 bits per heavy atom. The quantitative estimate of drug-likeness (QED) is 0.677. The zero-order chi connectivity index (χ0) is 18.2. The summed E-state index contributed by atoms with van der Waals surface area (Å²) in [6, 6.07) is 7.54. The Morgan fingerprint density at radius 2 is 1.80 bits per heavy atom. The molecule has 2 aromatic rings. The molecule has 2 rings (SSSR count). The number of aryl methyl sites for hydroxylation is 1. The molecule has 1 aromatic heterocycles. The molecule has 1 heterocycles. The molecule has 0 saturated carbocycles. The monoisotopic (exact) mass is 345 g/mol. The van der Waals surface area contributed by atoms with Crippen molar-refractivity contribution in [2.75, 3.05) is 52.0 Å². The first-order valence-corrected chi connectivity index (χ1v) is 8.25. The third-order valence-corrected chi connectivity index (χ3v) is 3.58. The van der Waals surface area contributed by atoms with Gasteiger partial charge in [0.2, 0.25) is 5.95 Å². The molecule has 136 valence electrons. The lowest BCUT2D eigenvalue weighted by atomic mass is 10.3. The average Bonchev–Trinajstić information content (AvgIpc) is 2.58. The highest BCUT2D eigenvalue weighted by Gasteiger charge is 2.07. The van der Waals surface area contributed by atoms with Crippen molar-refractivity contribution in [2.24, 2.45) is 0 Å². The van der Waals surface area contributed by atoms with E-state index in [0.717, 1.165) is 36.7 Å². The van der Waals surface area contributed by atoms with Crippen LogP contribution in [-0.2, 0) is 0 Å². The van der Waals surface area contributed by atoms with E-state index in [4.69, 9.17) is 9.47 Å². The van der Waals surface area contributed by atoms with Crippen molar-refractivity contribution < 1.29 is 9.47 Å². The van der Waals surface area contributed by atoms with Gasteiger partial charge in [-0.25, -0.2) is 4.98 Å². The number of ether oxygens (including phenoxy) is 2. The molecule has 0 radical (unpaired) electrons. The van der Waals surface area contributed by atoms with E-state index in [-0.39, 0.29) is 0 Å². The Labute approximate surface area is 149 Å². The number of nitrogens with zero attached hydrogens (tertiary/aromatic N) is 3. The molecular formula is C18H27N5O2. The van der Waals surface area contributed by atoms with Gasteiger partial charge in [0, 0.05) is 30.1 Å². The second-order valence-corrected chi connectivity index (χ2v) is 6.00. The number of aromatic nitrogens is 2. The van der Waals surface area contributed by atoms with Crippen molar-refractivity contribution in [1.29, 1.82) is 0 Å². The minimum absolute atomic E-state index is 0.544. The Kier molecular flexibility index (Phi) is 6.82. The highest BCUT2D eigenvalue weighted by atomic mass is 16.5. The molecule has 0 spiro atoms. The van der Waals surface area contributed by atoms with Crippen molar-refractivity contribution in [3.05, 3.63) is 30.0 Å². The van der Waals surface area contributed by atoms with Gasteiger partial charge < -0.3 is 25.0 Å². The van der Waals surface area contributed by atoms with Crippen LogP contribution in [-0.4, -0.2) is 56.3 Å². The zero-order valence-electron chi connectivity index (χ0n) is 15.6. The van der Waals surface area contributed by atoms with Gasteiger partial charge in [-0.3, -0.25) is 0 Å². The Bertz CT molecular complexity index is 691. The van der Waals surface area contributed by atoms with Gasteiger partial charge in [0.15, 0.2) is 11.5 Å². The summed E-state index contributed by atoms with van der Waals surface area (Å²) >= 11 is 0. The third kappa shape index (κ3) is 5.79. The van der Waals surface area contributed by atoms with E-state index in [1.807, 2.05) is 31.2 Å². The van der Waals surface area contributed by atoms with Gasteiger partial charge in [-0.2, -0.15) is 4.98 Å². The van der Waals surface area contributed by atoms with E-state index < -0.39 is 0 Å². The lowest BCUT2D eigenvalue weighted by Crippen LogP contribution is -2.16. The number of rotatable bonds is 9. The predicted molar refractivity (Wildman–Crippen MR) is 101 cm³/mol. The van der Waals surface area contributed by atoms with Crippen LogP contribution in [0.4, 0.5) is 17.5 Å². The van der Waals surface area contributed by atoms with Gasteiger partial charge in [0.25, 0.3) is 0 Å². The lowest BCUT2D eigenvalue weighted by molar-refractivity contribution is 0.355. The van der Waals surface area contributed by atoms with Crippen molar-refractivity contribution in [3.8, 4) is 11.5 Å². The van der Waals surface area contributed by atoms with Gasteiger partial charge in [-0.1, -0.05) is 0 Å². The maximum atomic E-state index is 5.32. The van der Waals surface area contributed by atoms with Crippen LogP contribution in [0.5, 0.6) is 11.5 Å². The normalized spacial score (nSPS) is 10.6. The number of hydrogen-bond acceptors (Lipinski definition) is 7. The minimum Gasteiger partial charge on any atom is -0.493 e. The fraction of sp³-hybridized carbons (Fsp3) is 0.444. The molecule has 0 atom stereocenters. The molecule has 7 nitrogen and oxygen atoms in total. The fourth-order valence-corrected chi connectivity index (χ4v) is 2.37. The summed E-state index contributed by atoms with van der Waals surface area (Å²) in [5.74, 6) is 2.69. The second kappa shape index (κ2) is 9.08. The molecule has 1 aromatic carbocycles. The standard InChI is InChI=1S/C18H27N5O2/c1-13-11-17(19-9-6-10-23(2)3)22-18(20-13)21-14-7-8-15(24-4)16(12-14)25-5/h7-8,11-12H,6,9-10H2,1-5H3,(H2,19,20,21,22).